The molecule has 142 valence electrons. The molecule has 4 aromatic rings. The molecule has 8 heteroatoms. The first-order valence-corrected chi connectivity index (χ1v) is 8.85. The summed E-state index contributed by atoms with van der Waals surface area (Å²) in [4.78, 5) is 25.1. The van der Waals surface area contributed by atoms with Gasteiger partial charge in [0.05, 0.1) is 0 Å². The number of carbonyl (C=O) groups is 1. The van der Waals surface area contributed by atoms with E-state index < -0.39 is 5.97 Å². The normalized spacial score (nSPS) is 11.1. The molecule has 0 N–H and O–H groups in total. The number of aryl methyl sites for hydroxylation is 3. The zero-order chi connectivity index (χ0) is 19.7. The Morgan fingerprint density at radius 3 is 2.68 bits per heavy atom. The van der Waals surface area contributed by atoms with Crippen LogP contribution in [-0.4, -0.2) is 30.5 Å². The van der Waals surface area contributed by atoms with Crippen LogP contribution < -0.4 is 0 Å². The van der Waals surface area contributed by atoms with Gasteiger partial charge in [0.1, 0.15) is 25.0 Å². The molecule has 0 spiro atoms. The highest BCUT2D eigenvalue weighted by atomic mass is 16.5. The molecule has 4 rings (SSSR count). The summed E-state index contributed by atoms with van der Waals surface area (Å²) in [5.74, 6) is 0.890. The smallest absolute Gasteiger partial charge is 0.314 e. The average molecular weight is 377 g/mol. The predicted octanol–water partition coefficient (Wildman–Crippen LogP) is 2.99. The van der Waals surface area contributed by atoms with Gasteiger partial charge >= 0.3 is 5.97 Å². The van der Waals surface area contributed by atoms with Gasteiger partial charge in [0.15, 0.2) is 5.82 Å². The lowest BCUT2D eigenvalue weighted by Gasteiger charge is -2.00. The second kappa shape index (κ2) is 7.22. The van der Waals surface area contributed by atoms with Crippen LogP contribution >= 0.6 is 0 Å². The fourth-order valence-electron chi connectivity index (χ4n) is 2.82. The quantitative estimate of drug-likeness (QED) is 0.493. The molecule has 0 radical (unpaired) electrons. The summed E-state index contributed by atoms with van der Waals surface area (Å²) in [5, 5.41) is 4.31. The third kappa shape index (κ3) is 3.75. The van der Waals surface area contributed by atoms with Crippen molar-refractivity contribution in [3.8, 4) is 11.5 Å². The maximum atomic E-state index is 12.1. The number of hydrogen-bond acceptors (Lipinski definition) is 7. The van der Waals surface area contributed by atoms with Gasteiger partial charge in [-0.2, -0.15) is 4.98 Å². The van der Waals surface area contributed by atoms with Crippen molar-refractivity contribution in [3.05, 3.63) is 65.1 Å². The Labute approximate surface area is 161 Å². The minimum atomic E-state index is -0.440. The maximum absolute atomic E-state index is 12.1. The van der Waals surface area contributed by atoms with E-state index in [9.17, 15) is 4.79 Å². The third-order valence-corrected chi connectivity index (χ3v) is 4.20. The number of benzene rings is 1. The van der Waals surface area contributed by atoms with E-state index >= 15 is 0 Å². The number of rotatable bonds is 5. The summed E-state index contributed by atoms with van der Waals surface area (Å²) in [5.41, 5.74) is 4.32. The second-order valence-corrected chi connectivity index (χ2v) is 6.63. The molecule has 0 fully saturated rings. The van der Waals surface area contributed by atoms with Crippen LogP contribution in [0.4, 0.5) is 0 Å². The molecule has 0 bridgehead atoms. The largest absolute Gasteiger partial charge is 0.459 e. The lowest BCUT2D eigenvalue weighted by molar-refractivity contribution is -0.144. The van der Waals surface area contributed by atoms with Crippen molar-refractivity contribution in [3.63, 3.8) is 0 Å². The van der Waals surface area contributed by atoms with Crippen LogP contribution in [0.3, 0.4) is 0 Å². The molecule has 0 amide bonds. The molecule has 0 atom stereocenters. The fraction of sp³-hybridized carbons (Fsp3) is 0.250. The lowest BCUT2D eigenvalue weighted by atomic mass is 10.1. The minimum Gasteiger partial charge on any atom is -0.459 e. The number of ether oxygens (including phenoxy) is 1. The molecular formula is C20H19N5O3. The molecule has 3 heterocycles. The van der Waals surface area contributed by atoms with Gasteiger partial charge in [-0.3, -0.25) is 4.79 Å². The minimum absolute atomic E-state index is 0.0257. The molecule has 3 aromatic heterocycles. The first-order chi connectivity index (χ1) is 13.5. The van der Waals surface area contributed by atoms with E-state index in [0.717, 1.165) is 22.5 Å². The summed E-state index contributed by atoms with van der Waals surface area (Å²) < 4.78 is 12.4. The van der Waals surface area contributed by atoms with Crippen LogP contribution in [-0.2, 0) is 22.6 Å². The van der Waals surface area contributed by atoms with Gasteiger partial charge in [-0.25, -0.2) is 14.5 Å². The van der Waals surface area contributed by atoms with Crippen molar-refractivity contribution in [2.75, 3.05) is 0 Å². The summed E-state index contributed by atoms with van der Waals surface area (Å²) in [6.45, 7) is 5.84. The van der Waals surface area contributed by atoms with Crippen molar-refractivity contribution >= 4 is 11.7 Å². The van der Waals surface area contributed by atoms with Crippen LogP contribution in [0, 0.1) is 20.8 Å². The second-order valence-electron chi connectivity index (χ2n) is 6.63. The maximum Gasteiger partial charge on any atom is 0.314 e. The zero-order valence-electron chi connectivity index (χ0n) is 15.8. The van der Waals surface area contributed by atoms with Crippen molar-refractivity contribution in [2.45, 2.75) is 33.8 Å². The molecule has 1 aromatic carbocycles. The van der Waals surface area contributed by atoms with Gasteiger partial charge in [0.25, 0.3) is 5.78 Å². The van der Waals surface area contributed by atoms with Gasteiger partial charge in [0, 0.05) is 17.0 Å². The Hall–Kier alpha value is -3.55. The number of nitrogens with zero attached hydrogens (tertiary/aromatic N) is 5. The Morgan fingerprint density at radius 2 is 1.89 bits per heavy atom. The van der Waals surface area contributed by atoms with E-state index in [-0.39, 0.29) is 13.0 Å². The Balaban J connectivity index is 1.38. The number of oxazole rings is 1. The molecule has 0 unspecified atom stereocenters. The molecule has 0 aliphatic carbocycles. The van der Waals surface area contributed by atoms with E-state index in [0.29, 0.717) is 23.2 Å². The molecule has 0 aliphatic heterocycles. The molecular weight excluding hydrogens is 358 g/mol. The van der Waals surface area contributed by atoms with Gasteiger partial charge < -0.3 is 9.15 Å². The monoisotopic (exact) mass is 377 g/mol. The molecule has 28 heavy (non-hydrogen) atoms. The third-order valence-electron chi connectivity index (χ3n) is 4.20. The highest BCUT2D eigenvalue weighted by Crippen LogP contribution is 2.19. The Bertz CT molecular complexity index is 1140. The number of hydrogen-bond donors (Lipinski definition) is 0. The Kier molecular flexibility index (Phi) is 4.60. The summed E-state index contributed by atoms with van der Waals surface area (Å²) in [6, 6.07) is 9.74. The van der Waals surface area contributed by atoms with E-state index in [2.05, 4.69) is 20.1 Å². The van der Waals surface area contributed by atoms with Crippen molar-refractivity contribution in [2.24, 2.45) is 0 Å². The first kappa shape index (κ1) is 17.8. The number of carbonyl (C=O) groups excluding carboxylic acids is 1. The number of fused-ring (bicyclic) bond motifs is 1. The van der Waals surface area contributed by atoms with E-state index in [1.807, 2.05) is 51.1 Å². The molecule has 0 aliphatic rings. The van der Waals surface area contributed by atoms with E-state index in [1.54, 1.807) is 4.52 Å². The van der Waals surface area contributed by atoms with Gasteiger partial charge in [0.2, 0.25) is 5.89 Å². The first-order valence-electron chi connectivity index (χ1n) is 8.85. The van der Waals surface area contributed by atoms with E-state index in [1.165, 1.54) is 6.26 Å². The number of aromatic nitrogens is 5. The van der Waals surface area contributed by atoms with Crippen LogP contribution in [0.25, 0.3) is 17.2 Å². The topological polar surface area (TPSA) is 95.4 Å². The summed E-state index contributed by atoms with van der Waals surface area (Å²) >= 11 is 0. The molecule has 8 nitrogen and oxygen atoms in total. The van der Waals surface area contributed by atoms with Crippen LogP contribution in [0.5, 0.6) is 0 Å². The van der Waals surface area contributed by atoms with Crippen molar-refractivity contribution in [1.29, 1.82) is 0 Å². The standard InChI is InChI=1S/C20H19N5O3/c1-12-4-6-15(7-5-12)19-22-16(11-28-19)10-27-18(26)9-17-23-20-21-13(2)8-14(3)25(20)24-17/h4-8,11H,9-10H2,1-3H3. The predicted molar refractivity (Wildman–Crippen MR) is 100 cm³/mol. The van der Waals surface area contributed by atoms with Gasteiger partial charge in [-0.05, 0) is 39.0 Å². The van der Waals surface area contributed by atoms with Gasteiger partial charge in [-0.15, -0.1) is 5.10 Å². The number of esters is 1. The van der Waals surface area contributed by atoms with Crippen LogP contribution in [0.2, 0.25) is 0 Å². The van der Waals surface area contributed by atoms with Gasteiger partial charge in [-0.1, -0.05) is 17.7 Å². The van der Waals surface area contributed by atoms with E-state index in [4.69, 9.17) is 9.15 Å². The highest BCUT2D eigenvalue weighted by Gasteiger charge is 2.14. The molecule has 0 saturated heterocycles. The van der Waals surface area contributed by atoms with Crippen LogP contribution in [0.1, 0.15) is 28.5 Å². The SMILES string of the molecule is Cc1ccc(-c2nc(COC(=O)Cc3nc4nc(C)cc(C)n4n3)co2)cc1. The zero-order valence-corrected chi connectivity index (χ0v) is 15.8. The molecule has 0 saturated carbocycles. The van der Waals surface area contributed by atoms with Crippen molar-refractivity contribution in [1.82, 2.24) is 24.6 Å². The summed E-state index contributed by atoms with van der Waals surface area (Å²) in [7, 11) is 0. The van der Waals surface area contributed by atoms with Crippen LogP contribution in [0.15, 0.2) is 41.0 Å². The fourth-order valence-corrected chi connectivity index (χ4v) is 2.82. The van der Waals surface area contributed by atoms with Crippen molar-refractivity contribution < 1.29 is 13.9 Å². The summed E-state index contributed by atoms with van der Waals surface area (Å²) in [6.07, 6.45) is 1.45. The lowest BCUT2D eigenvalue weighted by Crippen LogP contribution is -2.09. The Morgan fingerprint density at radius 1 is 1.11 bits per heavy atom. The highest BCUT2D eigenvalue weighted by molar-refractivity contribution is 5.71. The average Bonchev–Trinajstić information content (AvgIpc) is 3.27.